The highest BCUT2D eigenvalue weighted by Crippen LogP contribution is 2.04. The molecule has 0 atom stereocenters. The van der Waals surface area contributed by atoms with Crippen molar-refractivity contribution in [1.82, 2.24) is 0 Å². The van der Waals surface area contributed by atoms with Gasteiger partial charge in [0.25, 0.3) is 0 Å². The number of rotatable bonds is 4. The Balaban J connectivity index is 0.000000705. The van der Waals surface area contributed by atoms with Gasteiger partial charge >= 0.3 is 0 Å². The minimum Gasteiger partial charge on any atom is -0.300 e. The van der Waals surface area contributed by atoms with Gasteiger partial charge in [-0.05, 0) is 31.1 Å². The molecule has 0 bridgehead atoms. The van der Waals surface area contributed by atoms with Gasteiger partial charge in [-0.1, -0.05) is 80.6 Å². The Kier molecular flexibility index (Phi) is 11.8. The molecule has 2 rings (SSSR count). The van der Waals surface area contributed by atoms with Crippen LogP contribution in [0, 0.1) is 0 Å². The second-order valence-electron chi connectivity index (χ2n) is 4.78. The molecule has 0 amide bonds. The lowest BCUT2D eigenvalue weighted by molar-refractivity contribution is -0.115. The van der Waals surface area contributed by atoms with E-state index < -0.39 is 0 Å². The number of carbonyl (C=O) groups is 2. The maximum absolute atomic E-state index is 11.7. The predicted molar refractivity (Wildman–Crippen MR) is 98.3 cm³/mol. The highest BCUT2D eigenvalue weighted by molar-refractivity contribution is 5.95. The Morgan fingerprint density at radius 1 is 0.826 bits per heavy atom. The summed E-state index contributed by atoms with van der Waals surface area (Å²) in [5.74, 6) is 0.292. The normalized spacial score (nSPS) is 9.22. The Labute approximate surface area is 139 Å². The van der Waals surface area contributed by atoms with Crippen LogP contribution in [0.4, 0.5) is 0 Å². The smallest absolute Gasteiger partial charge is 0.160 e. The topological polar surface area (TPSA) is 34.1 Å². The molecular weight excluding hydrogens is 284 g/mol. The lowest BCUT2D eigenvalue weighted by Crippen LogP contribution is -1.97. The Morgan fingerprint density at radius 3 is 1.74 bits per heavy atom. The van der Waals surface area contributed by atoms with Crippen molar-refractivity contribution >= 4 is 17.6 Å². The zero-order valence-electron chi connectivity index (χ0n) is 14.5. The van der Waals surface area contributed by atoms with Gasteiger partial charge in [0.1, 0.15) is 5.78 Å². The number of Topliss-reactive ketones (excluding diaryl/α,β-unsaturated/α-hetero) is 1. The summed E-state index contributed by atoms with van der Waals surface area (Å²) >= 11 is 0. The predicted octanol–water partition coefficient (Wildman–Crippen LogP) is 5.13. The maximum atomic E-state index is 11.7. The van der Waals surface area contributed by atoms with Crippen LogP contribution in [-0.2, 0) is 16.0 Å². The first-order valence-corrected chi connectivity index (χ1v) is 7.85. The second-order valence-corrected chi connectivity index (χ2v) is 4.78. The molecule has 122 valence electrons. The minimum absolute atomic E-state index is 0.125. The number of ketones is 2. The van der Waals surface area contributed by atoms with Gasteiger partial charge < -0.3 is 4.79 Å². The molecule has 0 heterocycles. The fourth-order valence-corrected chi connectivity index (χ4v) is 1.61. The molecule has 0 saturated heterocycles. The van der Waals surface area contributed by atoms with Crippen LogP contribution in [-0.4, -0.2) is 11.6 Å². The molecule has 0 saturated carbocycles. The molecule has 0 aromatic heterocycles. The molecule has 23 heavy (non-hydrogen) atoms. The zero-order valence-corrected chi connectivity index (χ0v) is 14.5. The Morgan fingerprint density at radius 2 is 1.26 bits per heavy atom. The summed E-state index contributed by atoms with van der Waals surface area (Å²) in [6.45, 7) is 7.06. The van der Waals surface area contributed by atoms with Crippen LogP contribution in [0.5, 0.6) is 0 Å². The summed E-state index contributed by atoms with van der Waals surface area (Å²) in [4.78, 5) is 21.1. The van der Waals surface area contributed by atoms with Gasteiger partial charge in [0, 0.05) is 6.42 Å². The standard InChI is InChI=1S/C16H14O.C3H6O.C2H6/c17-16(13-15-9-5-2-6-10-15)12-11-14-7-3-1-4-8-14;1-3(2)4;1-2/h1-12H,13H2;1-2H3;1-2H3/b12-11+;;. The van der Waals surface area contributed by atoms with Crippen molar-refractivity contribution in [3.05, 3.63) is 77.9 Å². The molecule has 2 nitrogen and oxygen atoms in total. The van der Waals surface area contributed by atoms with E-state index in [-0.39, 0.29) is 11.6 Å². The van der Waals surface area contributed by atoms with Crippen molar-refractivity contribution in [1.29, 1.82) is 0 Å². The van der Waals surface area contributed by atoms with Crippen LogP contribution in [0.3, 0.4) is 0 Å². The van der Waals surface area contributed by atoms with E-state index >= 15 is 0 Å². The average molecular weight is 310 g/mol. The van der Waals surface area contributed by atoms with Gasteiger partial charge in [0.2, 0.25) is 0 Å². The SMILES string of the molecule is CC.CC(C)=O.O=C(/C=C/c1ccccc1)Cc1ccccc1. The summed E-state index contributed by atoms with van der Waals surface area (Å²) < 4.78 is 0. The minimum atomic E-state index is 0.125. The van der Waals surface area contributed by atoms with Gasteiger partial charge in [-0.2, -0.15) is 0 Å². The lowest BCUT2D eigenvalue weighted by atomic mass is 10.1. The third kappa shape index (κ3) is 11.8. The van der Waals surface area contributed by atoms with Crippen LogP contribution in [0.1, 0.15) is 38.8 Å². The summed E-state index contributed by atoms with van der Waals surface area (Å²) in [6.07, 6.45) is 3.96. The highest BCUT2D eigenvalue weighted by atomic mass is 16.1. The molecule has 0 aliphatic rings. The zero-order chi connectivity index (χ0) is 17.5. The molecule has 0 aliphatic heterocycles. The third-order valence-electron chi connectivity index (χ3n) is 2.48. The molecule has 0 fully saturated rings. The van der Waals surface area contributed by atoms with Crippen LogP contribution in [0.15, 0.2) is 66.7 Å². The number of carbonyl (C=O) groups excluding carboxylic acids is 2. The van der Waals surface area contributed by atoms with Crippen molar-refractivity contribution in [3.63, 3.8) is 0 Å². The van der Waals surface area contributed by atoms with E-state index in [2.05, 4.69) is 0 Å². The maximum Gasteiger partial charge on any atom is 0.160 e. The number of allylic oxidation sites excluding steroid dienone is 1. The van der Waals surface area contributed by atoms with Crippen LogP contribution in [0.2, 0.25) is 0 Å². The van der Waals surface area contributed by atoms with E-state index in [4.69, 9.17) is 0 Å². The molecule has 2 heteroatoms. The molecule has 0 spiro atoms. The molecule has 2 aromatic carbocycles. The average Bonchev–Trinajstić information content (AvgIpc) is 2.56. The first-order chi connectivity index (χ1) is 11.1. The van der Waals surface area contributed by atoms with E-state index in [1.54, 1.807) is 6.08 Å². The monoisotopic (exact) mass is 310 g/mol. The van der Waals surface area contributed by atoms with Crippen molar-refractivity contribution in [3.8, 4) is 0 Å². The Bertz CT molecular complexity index is 580. The van der Waals surface area contributed by atoms with Gasteiger partial charge in [0.15, 0.2) is 5.78 Å². The van der Waals surface area contributed by atoms with Crippen molar-refractivity contribution in [2.75, 3.05) is 0 Å². The van der Waals surface area contributed by atoms with E-state index in [0.717, 1.165) is 11.1 Å². The van der Waals surface area contributed by atoms with E-state index in [0.29, 0.717) is 6.42 Å². The fourth-order valence-electron chi connectivity index (χ4n) is 1.61. The van der Waals surface area contributed by atoms with Crippen LogP contribution in [0.25, 0.3) is 6.08 Å². The molecule has 2 aromatic rings. The van der Waals surface area contributed by atoms with E-state index in [1.165, 1.54) is 13.8 Å². The van der Waals surface area contributed by atoms with E-state index in [9.17, 15) is 9.59 Å². The van der Waals surface area contributed by atoms with Crippen molar-refractivity contribution < 1.29 is 9.59 Å². The first kappa shape index (κ1) is 20.5. The van der Waals surface area contributed by atoms with Gasteiger partial charge in [0.05, 0.1) is 0 Å². The summed E-state index contributed by atoms with van der Waals surface area (Å²) in [7, 11) is 0. The second kappa shape index (κ2) is 13.2. The largest absolute Gasteiger partial charge is 0.300 e. The van der Waals surface area contributed by atoms with Gasteiger partial charge in [-0.3, -0.25) is 4.79 Å². The molecule has 0 aliphatic carbocycles. The molecule has 0 unspecified atom stereocenters. The number of hydrogen-bond donors (Lipinski definition) is 0. The molecule has 0 N–H and O–H groups in total. The highest BCUT2D eigenvalue weighted by Gasteiger charge is 1.98. The summed E-state index contributed by atoms with van der Waals surface area (Å²) in [6, 6.07) is 19.6. The number of benzene rings is 2. The summed E-state index contributed by atoms with van der Waals surface area (Å²) in [5.41, 5.74) is 2.10. The van der Waals surface area contributed by atoms with E-state index in [1.807, 2.05) is 80.6 Å². The fraction of sp³-hybridized carbons (Fsp3) is 0.238. The summed E-state index contributed by atoms with van der Waals surface area (Å²) in [5, 5.41) is 0. The van der Waals surface area contributed by atoms with Crippen molar-refractivity contribution in [2.24, 2.45) is 0 Å². The number of hydrogen-bond acceptors (Lipinski definition) is 2. The molecular formula is C21H26O2. The third-order valence-corrected chi connectivity index (χ3v) is 2.48. The first-order valence-electron chi connectivity index (χ1n) is 7.85. The van der Waals surface area contributed by atoms with Crippen molar-refractivity contribution in [2.45, 2.75) is 34.1 Å². The molecule has 0 radical (unpaired) electrons. The Hall–Kier alpha value is -2.48. The lowest BCUT2D eigenvalue weighted by Gasteiger charge is -1.96. The van der Waals surface area contributed by atoms with Gasteiger partial charge in [-0.15, -0.1) is 0 Å². The quantitative estimate of drug-likeness (QED) is 0.733. The van der Waals surface area contributed by atoms with Crippen LogP contribution >= 0.6 is 0 Å². The van der Waals surface area contributed by atoms with Crippen LogP contribution < -0.4 is 0 Å². The van der Waals surface area contributed by atoms with Gasteiger partial charge in [-0.25, -0.2) is 0 Å².